The summed E-state index contributed by atoms with van der Waals surface area (Å²) in [6.07, 6.45) is 8.60. The molecule has 1 aliphatic heterocycles. The first-order valence-electron chi connectivity index (χ1n) is 9.84. The maximum absolute atomic E-state index is 12.4. The van der Waals surface area contributed by atoms with E-state index >= 15 is 0 Å². The molecule has 0 aliphatic carbocycles. The summed E-state index contributed by atoms with van der Waals surface area (Å²) < 4.78 is 6.84. The summed E-state index contributed by atoms with van der Waals surface area (Å²) >= 11 is 0. The first kappa shape index (κ1) is 20.3. The SMILES string of the molecule is CC(C)(C)OC(=O)Cn1c(/C=C/c2ccn[nH]2)nc(C=C2C=Nc3ccccc32)c1O. The maximum atomic E-state index is 12.4. The molecule has 8 heteroatoms. The largest absolute Gasteiger partial charge is 0.493 e. The number of hydrogen-bond acceptors (Lipinski definition) is 6. The van der Waals surface area contributed by atoms with Crippen LogP contribution in [0.2, 0.25) is 0 Å². The molecule has 2 aromatic heterocycles. The smallest absolute Gasteiger partial charge is 0.326 e. The van der Waals surface area contributed by atoms with Crippen molar-refractivity contribution in [1.29, 1.82) is 0 Å². The zero-order valence-corrected chi connectivity index (χ0v) is 17.5. The third-order valence-corrected chi connectivity index (χ3v) is 4.49. The fourth-order valence-electron chi connectivity index (χ4n) is 3.19. The summed E-state index contributed by atoms with van der Waals surface area (Å²) in [6.45, 7) is 5.21. The lowest BCUT2D eigenvalue weighted by Gasteiger charge is -2.20. The van der Waals surface area contributed by atoms with E-state index in [2.05, 4.69) is 20.2 Å². The molecule has 1 aliphatic rings. The number of aromatic nitrogens is 4. The minimum atomic E-state index is -0.631. The fourth-order valence-corrected chi connectivity index (χ4v) is 3.19. The number of imidazole rings is 1. The van der Waals surface area contributed by atoms with Crippen LogP contribution < -0.4 is 0 Å². The van der Waals surface area contributed by atoms with Gasteiger partial charge in [0, 0.05) is 23.5 Å². The van der Waals surface area contributed by atoms with Crippen LogP contribution in [0.25, 0.3) is 23.8 Å². The normalized spacial score (nSPS) is 14.5. The highest BCUT2D eigenvalue weighted by molar-refractivity contribution is 6.21. The maximum Gasteiger partial charge on any atom is 0.326 e. The van der Waals surface area contributed by atoms with Crippen molar-refractivity contribution in [3.8, 4) is 5.88 Å². The molecule has 158 valence electrons. The molecule has 0 spiro atoms. The number of para-hydroxylation sites is 1. The van der Waals surface area contributed by atoms with Gasteiger partial charge in [0.05, 0.1) is 11.4 Å². The van der Waals surface area contributed by atoms with Crippen LogP contribution in [-0.4, -0.2) is 42.6 Å². The van der Waals surface area contributed by atoms with Gasteiger partial charge in [-0.2, -0.15) is 5.10 Å². The number of aromatic hydroxyl groups is 1. The average Bonchev–Trinajstić information content (AvgIpc) is 3.42. The van der Waals surface area contributed by atoms with Gasteiger partial charge in [0.25, 0.3) is 0 Å². The number of H-pyrrole nitrogens is 1. The number of esters is 1. The van der Waals surface area contributed by atoms with Gasteiger partial charge in [-0.15, -0.1) is 0 Å². The molecule has 0 saturated carbocycles. The molecule has 0 fully saturated rings. The zero-order valence-electron chi connectivity index (χ0n) is 17.5. The fraction of sp³-hybridized carbons (Fsp3) is 0.217. The molecule has 0 bridgehead atoms. The van der Waals surface area contributed by atoms with Crippen LogP contribution in [0.5, 0.6) is 5.88 Å². The Morgan fingerprint density at radius 2 is 2.03 bits per heavy atom. The lowest BCUT2D eigenvalue weighted by molar-refractivity contribution is -0.155. The Morgan fingerprint density at radius 1 is 1.23 bits per heavy atom. The first-order chi connectivity index (χ1) is 14.8. The number of aliphatic imine (C=N–C) groups is 1. The van der Waals surface area contributed by atoms with E-state index in [9.17, 15) is 9.90 Å². The molecule has 1 aromatic carbocycles. The summed E-state index contributed by atoms with van der Waals surface area (Å²) in [4.78, 5) is 21.4. The van der Waals surface area contributed by atoms with Crippen LogP contribution in [0.4, 0.5) is 5.69 Å². The highest BCUT2D eigenvalue weighted by Crippen LogP contribution is 2.33. The monoisotopic (exact) mass is 417 g/mol. The molecule has 31 heavy (non-hydrogen) atoms. The number of rotatable bonds is 5. The van der Waals surface area contributed by atoms with Gasteiger partial charge in [-0.1, -0.05) is 18.2 Å². The highest BCUT2D eigenvalue weighted by atomic mass is 16.6. The second-order valence-corrected chi connectivity index (χ2v) is 8.07. The number of fused-ring (bicyclic) bond motifs is 1. The number of carbonyl (C=O) groups is 1. The van der Waals surface area contributed by atoms with Crippen molar-refractivity contribution in [2.24, 2.45) is 4.99 Å². The first-order valence-corrected chi connectivity index (χ1v) is 9.84. The minimum absolute atomic E-state index is 0.125. The van der Waals surface area contributed by atoms with Crippen LogP contribution in [-0.2, 0) is 16.1 Å². The third kappa shape index (κ3) is 4.63. The molecule has 0 amide bonds. The number of allylic oxidation sites excluding steroid dienone is 1. The van der Waals surface area contributed by atoms with Crippen LogP contribution >= 0.6 is 0 Å². The molecule has 0 radical (unpaired) electrons. The summed E-state index contributed by atoms with van der Waals surface area (Å²) in [5.41, 5.74) is 3.12. The van der Waals surface area contributed by atoms with Crippen LogP contribution in [0.15, 0.2) is 41.5 Å². The van der Waals surface area contributed by atoms with E-state index in [0.717, 1.165) is 22.5 Å². The molecule has 8 nitrogen and oxygen atoms in total. The predicted octanol–water partition coefficient (Wildman–Crippen LogP) is 4.08. The topological polar surface area (TPSA) is 105 Å². The second-order valence-electron chi connectivity index (χ2n) is 8.07. The second kappa shape index (κ2) is 8.06. The third-order valence-electron chi connectivity index (χ3n) is 4.49. The number of benzene rings is 1. The van der Waals surface area contributed by atoms with Crippen molar-refractivity contribution in [1.82, 2.24) is 19.7 Å². The van der Waals surface area contributed by atoms with Gasteiger partial charge in [-0.25, -0.2) is 4.98 Å². The molecule has 0 saturated heterocycles. The van der Waals surface area contributed by atoms with Gasteiger partial charge in [0.15, 0.2) is 0 Å². The molecule has 4 rings (SSSR count). The number of nitrogens with one attached hydrogen (secondary N) is 1. The Kier molecular flexibility index (Phi) is 5.29. The zero-order chi connectivity index (χ0) is 22.0. The Morgan fingerprint density at radius 3 is 2.77 bits per heavy atom. The highest BCUT2D eigenvalue weighted by Gasteiger charge is 2.22. The number of nitrogens with zero attached hydrogens (tertiary/aromatic N) is 4. The Bertz CT molecular complexity index is 1190. The Balaban J connectivity index is 1.71. The molecular formula is C23H23N5O3. The van der Waals surface area contributed by atoms with Crippen molar-refractivity contribution < 1.29 is 14.6 Å². The molecule has 2 N–H and O–H groups in total. The van der Waals surface area contributed by atoms with Crippen molar-refractivity contribution in [3.05, 3.63) is 59.3 Å². The molecule has 3 heterocycles. The lowest BCUT2D eigenvalue weighted by Crippen LogP contribution is -2.26. The molecule has 3 aromatic rings. The Hall–Kier alpha value is -3.94. The summed E-state index contributed by atoms with van der Waals surface area (Å²) in [7, 11) is 0. The average molecular weight is 417 g/mol. The van der Waals surface area contributed by atoms with Crippen LogP contribution in [0, 0.1) is 0 Å². The summed E-state index contributed by atoms with van der Waals surface area (Å²) in [5, 5.41) is 17.6. The van der Waals surface area contributed by atoms with E-state index in [1.54, 1.807) is 57.5 Å². The van der Waals surface area contributed by atoms with Crippen LogP contribution in [0.1, 0.15) is 43.5 Å². The Labute approximate surface area is 179 Å². The van der Waals surface area contributed by atoms with Gasteiger partial charge in [0.2, 0.25) is 5.88 Å². The van der Waals surface area contributed by atoms with Gasteiger partial charge < -0.3 is 9.84 Å². The lowest BCUT2D eigenvalue weighted by atomic mass is 10.1. The van der Waals surface area contributed by atoms with Crippen molar-refractivity contribution in [3.63, 3.8) is 0 Å². The van der Waals surface area contributed by atoms with Gasteiger partial charge >= 0.3 is 5.97 Å². The quantitative estimate of drug-likeness (QED) is 0.609. The van der Waals surface area contributed by atoms with Crippen molar-refractivity contribution in [2.45, 2.75) is 32.9 Å². The van der Waals surface area contributed by atoms with E-state index in [0.29, 0.717) is 11.5 Å². The summed E-state index contributed by atoms with van der Waals surface area (Å²) in [5.74, 6) is -0.184. The van der Waals surface area contributed by atoms with Crippen molar-refractivity contribution in [2.75, 3.05) is 0 Å². The molecule has 0 atom stereocenters. The van der Waals surface area contributed by atoms with Gasteiger partial charge in [0.1, 0.15) is 23.7 Å². The minimum Gasteiger partial charge on any atom is -0.493 e. The van der Waals surface area contributed by atoms with E-state index in [4.69, 9.17) is 4.74 Å². The number of aromatic amines is 1. The van der Waals surface area contributed by atoms with Crippen LogP contribution in [0.3, 0.4) is 0 Å². The molecule has 0 unspecified atom stereocenters. The van der Waals surface area contributed by atoms with E-state index in [-0.39, 0.29) is 12.4 Å². The number of carbonyl (C=O) groups excluding carboxylic acids is 1. The standard InChI is InChI=1S/C23H23N5O3/c1-23(2,3)31-21(29)14-28-20(9-8-16-10-11-25-27-16)26-19(22(28)30)12-15-13-24-18-7-5-4-6-17(15)18/h4-13,30H,14H2,1-3H3,(H,25,27)/b9-8+,15-12?. The summed E-state index contributed by atoms with van der Waals surface area (Å²) in [6, 6.07) is 9.53. The van der Waals surface area contributed by atoms with Gasteiger partial charge in [-0.05, 0) is 51.1 Å². The van der Waals surface area contributed by atoms with Gasteiger partial charge in [-0.3, -0.25) is 19.5 Å². The van der Waals surface area contributed by atoms with E-state index in [1.165, 1.54) is 4.57 Å². The van der Waals surface area contributed by atoms with E-state index < -0.39 is 11.6 Å². The number of hydrogen-bond donors (Lipinski definition) is 2. The predicted molar refractivity (Wildman–Crippen MR) is 120 cm³/mol. The number of ether oxygens (including phenoxy) is 1. The molecular weight excluding hydrogens is 394 g/mol. The van der Waals surface area contributed by atoms with E-state index in [1.807, 2.05) is 24.3 Å². The van der Waals surface area contributed by atoms with Crippen molar-refractivity contribution >= 4 is 41.7 Å².